The van der Waals surface area contributed by atoms with Gasteiger partial charge in [-0.25, -0.2) is 0 Å². The van der Waals surface area contributed by atoms with Gasteiger partial charge >= 0.3 is 0 Å². The van der Waals surface area contributed by atoms with Gasteiger partial charge in [0, 0.05) is 17.0 Å². The normalized spacial score (nSPS) is 20.5. The first-order chi connectivity index (χ1) is 8.34. The summed E-state index contributed by atoms with van der Waals surface area (Å²) < 4.78 is 0. The largest absolute Gasteiger partial charge is 0.317 e. The van der Waals surface area contributed by atoms with E-state index in [9.17, 15) is 0 Å². The molecule has 0 unspecified atom stereocenters. The summed E-state index contributed by atoms with van der Waals surface area (Å²) in [6, 6.07) is 11.5. The monoisotopic (exact) mass is 250 g/mol. The Hall–Kier alpha value is -0.510. The second-order valence-corrected chi connectivity index (χ2v) is 5.32. The highest BCUT2D eigenvalue weighted by atomic mass is 32.1. The van der Waals surface area contributed by atoms with Gasteiger partial charge < -0.3 is 10.6 Å². The van der Waals surface area contributed by atoms with Crippen LogP contribution in [0.5, 0.6) is 0 Å². The first-order valence-corrected chi connectivity index (χ1v) is 7.00. The zero-order valence-corrected chi connectivity index (χ0v) is 11.1. The zero-order valence-electron chi connectivity index (χ0n) is 10.2. The van der Waals surface area contributed by atoms with E-state index < -0.39 is 0 Å². The van der Waals surface area contributed by atoms with Crippen molar-refractivity contribution in [2.75, 3.05) is 13.1 Å². The Labute approximate surface area is 110 Å². The summed E-state index contributed by atoms with van der Waals surface area (Å²) >= 11 is 4.08. The molecule has 1 aliphatic heterocycles. The third-order valence-electron chi connectivity index (χ3n) is 3.14. The maximum absolute atomic E-state index is 4.08. The van der Waals surface area contributed by atoms with Crippen LogP contribution in [0.15, 0.2) is 35.2 Å². The standard InChI is InChI=1S/C8H16N2.C6H6S/c1-2-7(1)10-8-3-5-9-6-4-8;7-6-4-2-1-3-5-6/h7-10H,1-6H2;1-5,7H. The Morgan fingerprint density at radius 1 is 0.941 bits per heavy atom. The summed E-state index contributed by atoms with van der Waals surface area (Å²) in [7, 11) is 0. The molecule has 3 rings (SSSR count). The topological polar surface area (TPSA) is 24.1 Å². The third-order valence-corrected chi connectivity index (χ3v) is 3.44. The summed E-state index contributed by atoms with van der Waals surface area (Å²) in [5.74, 6) is 0. The average molecular weight is 250 g/mol. The van der Waals surface area contributed by atoms with Gasteiger partial charge in [-0.3, -0.25) is 0 Å². The minimum absolute atomic E-state index is 0.828. The number of rotatable bonds is 2. The van der Waals surface area contributed by atoms with Gasteiger partial charge in [0.1, 0.15) is 0 Å². The highest BCUT2D eigenvalue weighted by molar-refractivity contribution is 7.80. The summed E-state index contributed by atoms with van der Waals surface area (Å²) in [6.07, 6.45) is 5.50. The number of hydrogen-bond acceptors (Lipinski definition) is 3. The molecule has 1 saturated carbocycles. The van der Waals surface area contributed by atoms with E-state index >= 15 is 0 Å². The van der Waals surface area contributed by atoms with Crippen molar-refractivity contribution in [1.29, 1.82) is 0 Å². The number of thiol groups is 1. The molecule has 0 bridgehead atoms. The van der Waals surface area contributed by atoms with Gasteiger partial charge in [-0.1, -0.05) is 18.2 Å². The van der Waals surface area contributed by atoms with Crippen molar-refractivity contribution in [2.45, 2.75) is 42.7 Å². The molecule has 0 spiro atoms. The van der Waals surface area contributed by atoms with Gasteiger partial charge in [0.25, 0.3) is 0 Å². The van der Waals surface area contributed by atoms with Crippen molar-refractivity contribution >= 4 is 12.6 Å². The smallest absolute Gasteiger partial charge is 0.00938 e. The SMILES string of the molecule is C1CC(NC2CC2)CCN1.Sc1ccccc1. The van der Waals surface area contributed by atoms with Crippen LogP contribution in [0.3, 0.4) is 0 Å². The van der Waals surface area contributed by atoms with E-state index in [0.717, 1.165) is 17.0 Å². The average Bonchev–Trinajstić information content (AvgIpc) is 3.16. The molecule has 2 N–H and O–H groups in total. The van der Waals surface area contributed by atoms with E-state index in [1.807, 2.05) is 30.3 Å². The van der Waals surface area contributed by atoms with Crippen molar-refractivity contribution in [3.63, 3.8) is 0 Å². The van der Waals surface area contributed by atoms with Crippen LogP contribution < -0.4 is 10.6 Å². The first kappa shape index (κ1) is 12.9. The van der Waals surface area contributed by atoms with Gasteiger partial charge in [0.15, 0.2) is 0 Å². The number of hydrogen-bond donors (Lipinski definition) is 3. The van der Waals surface area contributed by atoms with Crippen LogP contribution in [0.2, 0.25) is 0 Å². The highest BCUT2D eigenvalue weighted by Gasteiger charge is 2.24. The van der Waals surface area contributed by atoms with Crippen molar-refractivity contribution in [3.8, 4) is 0 Å². The molecule has 17 heavy (non-hydrogen) atoms. The number of piperidine rings is 1. The predicted molar refractivity (Wildman–Crippen MR) is 75.7 cm³/mol. The van der Waals surface area contributed by atoms with E-state index in [0.29, 0.717) is 0 Å². The Bertz CT molecular complexity index is 305. The van der Waals surface area contributed by atoms with Crippen molar-refractivity contribution in [2.24, 2.45) is 0 Å². The zero-order chi connectivity index (χ0) is 11.9. The fraction of sp³-hybridized carbons (Fsp3) is 0.571. The molecular formula is C14H22N2S. The molecule has 1 aromatic carbocycles. The maximum Gasteiger partial charge on any atom is 0.00938 e. The third kappa shape index (κ3) is 5.57. The summed E-state index contributed by atoms with van der Waals surface area (Å²) in [5, 5.41) is 7.02. The minimum Gasteiger partial charge on any atom is -0.317 e. The molecule has 1 aliphatic carbocycles. The van der Waals surface area contributed by atoms with Crippen molar-refractivity contribution < 1.29 is 0 Å². The lowest BCUT2D eigenvalue weighted by atomic mass is 10.1. The first-order valence-electron chi connectivity index (χ1n) is 6.55. The van der Waals surface area contributed by atoms with Crippen LogP contribution in [-0.2, 0) is 0 Å². The van der Waals surface area contributed by atoms with Crippen LogP contribution in [0.4, 0.5) is 0 Å². The summed E-state index contributed by atoms with van der Waals surface area (Å²) in [4.78, 5) is 1.02. The predicted octanol–water partition coefficient (Wildman–Crippen LogP) is 2.47. The van der Waals surface area contributed by atoms with Gasteiger partial charge in [-0.15, -0.1) is 12.6 Å². The van der Waals surface area contributed by atoms with Gasteiger partial charge in [0.05, 0.1) is 0 Å². The van der Waals surface area contributed by atoms with Crippen molar-refractivity contribution in [1.82, 2.24) is 10.6 Å². The number of benzene rings is 1. The molecule has 2 nitrogen and oxygen atoms in total. The Morgan fingerprint density at radius 2 is 1.53 bits per heavy atom. The lowest BCUT2D eigenvalue weighted by Crippen LogP contribution is -2.40. The Morgan fingerprint density at radius 3 is 2.00 bits per heavy atom. The van der Waals surface area contributed by atoms with Crippen LogP contribution in [-0.4, -0.2) is 25.2 Å². The summed E-state index contributed by atoms with van der Waals surface area (Å²) in [5.41, 5.74) is 0. The molecule has 0 amide bonds. The Balaban J connectivity index is 0.000000136. The summed E-state index contributed by atoms with van der Waals surface area (Å²) in [6.45, 7) is 2.43. The lowest BCUT2D eigenvalue weighted by molar-refractivity contribution is 0.385. The van der Waals surface area contributed by atoms with E-state index in [2.05, 4.69) is 23.3 Å². The van der Waals surface area contributed by atoms with Gasteiger partial charge in [0.2, 0.25) is 0 Å². The molecule has 0 radical (unpaired) electrons. The second-order valence-electron chi connectivity index (χ2n) is 4.80. The molecular weight excluding hydrogens is 228 g/mol. The molecule has 2 aliphatic rings. The molecule has 1 saturated heterocycles. The maximum atomic E-state index is 4.08. The van der Waals surface area contributed by atoms with E-state index in [1.54, 1.807) is 0 Å². The lowest BCUT2D eigenvalue weighted by Gasteiger charge is -2.23. The molecule has 1 aromatic rings. The second kappa shape index (κ2) is 7.04. The van der Waals surface area contributed by atoms with Crippen LogP contribution >= 0.6 is 12.6 Å². The fourth-order valence-corrected chi connectivity index (χ4v) is 2.17. The molecule has 94 valence electrons. The molecule has 0 aromatic heterocycles. The van der Waals surface area contributed by atoms with Crippen molar-refractivity contribution in [3.05, 3.63) is 30.3 Å². The molecule has 2 fully saturated rings. The van der Waals surface area contributed by atoms with Crippen LogP contribution in [0.1, 0.15) is 25.7 Å². The number of nitrogens with one attached hydrogen (secondary N) is 2. The molecule has 0 atom stereocenters. The highest BCUT2D eigenvalue weighted by Crippen LogP contribution is 2.20. The van der Waals surface area contributed by atoms with E-state index in [1.165, 1.54) is 38.8 Å². The van der Waals surface area contributed by atoms with Gasteiger partial charge in [-0.2, -0.15) is 0 Å². The quantitative estimate of drug-likeness (QED) is 0.702. The minimum atomic E-state index is 0.828. The van der Waals surface area contributed by atoms with E-state index in [4.69, 9.17) is 0 Å². The van der Waals surface area contributed by atoms with Gasteiger partial charge in [-0.05, 0) is 50.9 Å². The Kier molecular flexibility index (Phi) is 5.36. The molecule has 3 heteroatoms. The van der Waals surface area contributed by atoms with Crippen LogP contribution in [0.25, 0.3) is 0 Å². The van der Waals surface area contributed by atoms with Crippen LogP contribution in [0, 0.1) is 0 Å². The van der Waals surface area contributed by atoms with E-state index in [-0.39, 0.29) is 0 Å². The fourth-order valence-electron chi connectivity index (χ4n) is 2.00. The molecule has 1 heterocycles.